The van der Waals surface area contributed by atoms with Gasteiger partial charge in [-0.05, 0) is 6.42 Å². The minimum atomic E-state index is 0. The molecule has 0 aliphatic rings. The molecule has 0 rings (SSSR count). The Morgan fingerprint density at radius 2 is 1.43 bits per heavy atom. The van der Waals surface area contributed by atoms with Gasteiger partial charge in [0.1, 0.15) is 0 Å². The van der Waals surface area contributed by atoms with Crippen molar-refractivity contribution in [1.29, 1.82) is 0 Å². The van der Waals surface area contributed by atoms with E-state index >= 15 is 0 Å². The van der Waals surface area contributed by atoms with Crippen LogP contribution in [0.1, 0.15) is 13.3 Å². The van der Waals surface area contributed by atoms with E-state index in [1.807, 2.05) is 6.92 Å². The maximum Gasteiger partial charge on any atom is 2.00 e. The van der Waals surface area contributed by atoms with E-state index in [0.29, 0.717) is 6.61 Å². The van der Waals surface area contributed by atoms with Crippen LogP contribution in [0.3, 0.4) is 0 Å². The van der Waals surface area contributed by atoms with Crippen LogP contribution >= 0.6 is 0 Å². The molecule has 2 heteroatoms. The van der Waals surface area contributed by atoms with Gasteiger partial charge in [-0.3, -0.25) is 0 Å². The third kappa shape index (κ3) is 55.2. The Kier molecular flexibility index (Phi) is 112. The van der Waals surface area contributed by atoms with Gasteiger partial charge in [0.25, 0.3) is 0 Å². The molecule has 0 aromatic rings. The van der Waals surface area contributed by atoms with E-state index < -0.39 is 0 Å². The van der Waals surface area contributed by atoms with Crippen LogP contribution in [0, 0.1) is 14.9 Å². The molecule has 0 fully saturated rings. The quantitative estimate of drug-likeness (QED) is 0.447. The Balaban J connectivity index is -0.0000000150. The third-order valence-corrected chi connectivity index (χ3v) is 0.224. The van der Waals surface area contributed by atoms with Crippen molar-refractivity contribution in [2.75, 3.05) is 6.61 Å². The number of hydrogen-bond donors (Lipinski definition) is 1. The van der Waals surface area contributed by atoms with Gasteiger partial charge in [-0.25, -0.2) is 0 Å². The monoisotopic (exact) mass is 154 g/mol. The minimum Gasteiger partial charge on any atom is -0.396 e. The van der Waals surface area contributed by atoms with Gasteiger partial charge >= 0.3 is 19.5 Å². The van der Waals surface area contributed by atoms with E-state index in [1.165, 1.54) is 0 Å². The Labute approximate surface area is 59.9 Å². The fraction of sp³-hybridized carbons (Fsp3) is 0.600. The standard InChI is InChI=1S/C3H8O.2CH3.Zn/c1-2-3-4;;;/h4H,2-3H2,1H3;2*1H3;/q;2*-1;+2. The van der Waals surface area contributed by atoms with E-state index in [-0.39, 0.29) is 34.3 Å². The van der Waals surface area contributed by atoms with E-state index in [4.69, 9.17) is 5.11 Å². The molecular formula is C5H14OZn. The number of aliphatic hydroxyl groups excluding tert-OH is 1. The largest absolute Gasteiger partial charge is 2.00 e. The topological polar surface area (TPSA) is 20.2 Å². The molecule has 0 spiro atoms. The molecule has 7 heavy (non-hydrogen) atoms. The van der Waals surface area contributed by atoms with Gasteiger partial charge in [0.2, 0.25) is 0 Å². The van der Waals surface area contributed by atoms with Crippen molar-refractivity contribution in [2.45, 2.75) is 13.3 Å². The maximum atomic E-state index is 7.88. The summed E-state index contributed by atoms with van der Waals surface area (Å²) in [5, 5.41) is 7.88. The second-order valence-electron chi connectivity index (χ2n) is 0.724. The van der Waals surface area contributed by atoms with Crippen LogP contribution in [-0.2, 0) is 19.5 Å². The van der Waals surface area contributed by atoms with Crippen LogP contribution in [-0.4, -0.2) is 11.7 Å². The zero-order valence-electron chi connectivity index (χ0n) is 5.57. The molecule has 42 valence electrons. The zero-order chi connectivity index (χ0) is 3.41. The molecule has 0 saturated heterocycles. The Bertz CT molecular complexity index is 10.0. The Hall–Kier alpha value is 0.583. The molecule has 0 radical (unpaired) electrons. The second-order valence-corrected chi connectivity index (χ2v) is 0.724. The number of rotatable bonds is 1. The molecule has 0 aliphatic heterocycles. The van der Waals surface area contributed by atoms with E-state index in [2.05, 4.69) is 0 Å². The molecule has 1 nitrogen and oxygen atoms in total. The SMILES string of the molecule is CCCO.[CH3-].[CH3-].[Zn+2]. The minimum absolute atomic E-state index is 0. The van der Waals surface area contributed by atoms with Crippen LogP contribution < -0.4 is 0 Å². The first kappa shape index (κ1) is 25.6. The van der Waals surface area contributed by atoms with Crippen LogP contribution in [0.2, 0.25) is 0 Å². The maximum absolute atomic E-state index is 7.88. The molecule has 0 aromatic heterocycles. The molecular weight excluding hydrogens is 141 g/mol. The van der Waals surface area contributed by atoms with Crippen LogP contribution in [0.15, 0.2) is 0 Å². The summed E-state index contributed by atoms with van der Waals surface area (Å²) in [6.07, 6.45) is 0.875. The van der Waals surface area contributed by atoms with Crippen LogP contribution in [0.4, 0.5) is 0 Å². The molecule has 0 atom stereocenters. The predicted molar refractivity (Wildman–Crippen MR) is 30.2 cm³/mol. The summed E-state index contributed by atoms with van der Waals surface area (Å²) < 4.78 is 0. The van der Waals surface area contributed by atoms with Gasteiger partial charge in [0.05, 0.1) is 0 Å². The molecule has 0 aliphatic carbocycles. The Morgan fingerprint density at radius 1 is 1.29 bits per heavy atom. The summed E-state index contributed by atoms with van der Waals surface area (Å²) in [5.74, 6) is 0. The summed E-state index contributed by atoms with van der Waals surface area (Å²) >= 11 is 0. The number of hydrogen-bond acceptors (Lipinski definition) is 1. The van der Waals surface area contributed by atoms with E-state index in [9.17, 15) is 0 Å². The normalized spacial score (nSPS) is 4.29. The Morgan fingerprint density at radius 3 is 1.43 bits per heavy atom. The van der Waals surface area contributed by atoms with Crippen molar-refractivity contribution in [1.82, 2.24) is 0 Å². The summed E-state index contributed by atoms with van der Waals surface area (Å²) in [7, 11) is 0. The van der Waals surface area contributed by atoms with Gasteiger partial charge < -0.3 is 20.0 Å². The van der Waals surface area contributed by atoms with Crippen molar-refractivity contribution in [2.24, 2.45) is 0 Å². The molecule has 0 heterocycles. The van der Waals surface area contributed by atoms with Crippen LogP contribution in [0.25, 0.3) is 0 Å². The first-order valence-electron chi connectivity index (χ1n) is 1.52. The summed E-state index contributed by atoms with van der Waals surface area (Å²) in [6, 6.07) is 0. The first-order chi connectivity index (χ1) is 1.91. The van der Waals surface area contributed by atoms with Gasteiger partial charge in [-0.1, -0.05) is 6.92 Å². The van der Waals surface area contributed by atoms with Crippen molar-refractivity contribution in [3.63, 3.8) is 0 Å². The fourth-order valence-corrected chi connectivity index (χ4v) is 0. The van der Waals surface area contributed by atoms with E-state index in [0.717, 1.165) is 6.42 Å². The van der Waals surface area contributed by atoms with Gasteiger partial charge in [-0.15, -0.1) is 0 Å². The molecule has 0 saturated carbocycles. The average molecular weight is 156 g/mol. The molecule has 0 amide bonds. The van der Waals surface area contributed by atoms with Crippen molar-refractivity contribution >= 4 is 0 Å². The molecule has 0 unspecified atom stereocenters. The molecule has 0 bridgehead atoms. The fourth-order valence-electron chi connectivity index (χ4n) is 0. The first-order valence-corrected chi connectivity index (χ1v) is 1.52. The smallest absolute Gasteiger partial charge is 0.396 e. The zero-order valence-corrected chi connectivity index (χ0v) is 8.54. The van der Waals surface area contributed by atoms with Gasteiger partial charge in [0.15, 0.2) is 0 Å². The van der Waals surface area contributed by atoms with Crippen LogP contribution in [0.5, 0.6) is 0 Å². The second kappa shape index (κ2) is 30.8. The summed E-state index contributed by atoms with van der Waals surface area (Å²) in [4.78, 5) is 0. The van der Waals surface area contributed by atoms with Gasteiger partial charge in [0, 0.05) is 6.61 Å². The number of aliphatic hydroxyl groups is 1. The molecule has 0 aromatic carbocycles. The third-order valence-electron chi connectivity index (χ3n) is 0.224. The average Bonchev–Trinajstić information content (AvgIpc) is 1.37. The molecule has 1 N–H and O–H groups in total. The van der Waals surface area contributed by atoms with Gasteiger partial charge in [-0.2, -0.15) is 0 Å². The summed E-state index contributed by atoms with van der Waals surface area (Å²) in [6.45, 7) is 2.25. The summed E-state index contributed by atoms with van der Waals surface area (Å²) in [5.41, 5.74) is 0. The van der Waals surface area contributed by atoms with E-state index in [1.54, 1.807) is 0 Å². The predicted octanol–water partition coefficient (Wildman–Crippen LogP) is 1.29. The van der Waals surface area contributed by atoms with Crippen molar-refractivity contribution in [3.05, 3.63) is 14.9 Å². The van der Waals surface area contributed by atoms with Crippen molar-refractivity contribution < 1.29 is 24.6 Å². The van der Waals surface area contributed by atoms with Crippen molar-refractivity contribution in [3.8, 4) is 0 Å².